The molecule has 0 amide bonds. The number of carboxylic acid groups (broad SMARTS) is 1. The molecule has 0 aromatic heterocycles. The highest BCUT2D eigenvalue weighted by Gasteiger charge is 2.38. The van der Waals surface area contributed by atoms with Crippen molar-refractivity contribution in [1.82, 2.24) is 0 Å². The molecule has 2 atom stereocenters. The van der Waals surface area contributed by atoms with Gasteiger partial charge >= 0.3 is 11.9 Å². The van der Waals surface area contributed by atoms with Gasteiger partial charge in [-0.1, -0.05) is 48.5 Å². The molecule has 3 aromatic rings. The predicted molar refractivity (Wildman–Crippen MR) is 114 cm³/mol. The number of esters is 1. The van der Waals surface area contributed by atoms with Gasteiger partial charge in [0.2, 0.25) is 5.82 Å². The maximum atomic E-state index is 14.0. The molecule has 0 saturated carbocycles. The van der Waals surface area contributed by atoms with Crippen LogP contribution in [0.15, 0.2) is 48.5 Å². The molecule has 1 aliphatic rings. The van der Waals surface area contributed by atoms with Crippen molar-refractivity contribution in [2.24, 2.45) is 11.7 Å². The van der Waals surface area contributed by atoms with E-state index in [9.17, 15) is 36.6 Å². The average Bonchev–Trinajstić information content (AvgIpc) is 3.16. The van der Waals surface area contributed by atoms with Crippen LogP contribution >= 0.6 is 0 Å². The number of hydrogen-bond acceptors (Lipinski definition) is 4. The van der Waals surface area contributed by atoms with Gasteiger partial charge in [0.25, 0.3) is 0 Å². The van der Waals surface area contributed by atoms with E-state index in [1.54, 1.807) is 12.1 Å². The number of aliphatic carboxylic acids is 1. The Kier molecular flexibility index (Phi) is 6.58. The number of ether oxygens (including phenoxy) is 1. The van der Waals surface area contributed by atoms with Crippen molar-refractivity contribution < 1.29 is 41.4 Å². The van der Waals surface area contributed by atoms with Gasteiger partial charge in [0, 0.05) is 17.5 Å². The zero-order chi connectivity index (χ0) is 25.4. The average molecular weight is 491 g/mol. The first-order chi connectivity index (χ1) is 16.6. The Balaban J connectivity index is 1.54. The molecule has 0 aliphatic heterocycles. The van der Waals surface area contributed by atoms with Crippen molar-refractivity contribution in [2.75, 3.05) is 6.61 Å². The van der Waals surface area contributed by atoms with Gasteiger partial charge in [0.05, 0.1) is 0 Å². The second-order valence-electron chi connectivity index (χ2n) is 8.09. The van der Waals surface area contributed by atoms with Gasteiger partial charge in [0.15, 0.2) is 29.2 Å². The lowest BCUT2D eigenvalue weighted by Gasteiger charge is -2.21. The molecule has 0 spiro atoms. The minimum absolute atomic E-state index is 0.244. The maximum absolute atomic E-state index is 14.0. The quantitative estimate of drug-likeness (QED) is 0.169. The van der Waals surface area contributed by atoms with E-state index in [-0.39, 0.29) is 6.61 Å². The van der Waals surface area contributed by atoms with Crippen LogP contribution in [0.1, 0.15) is 22.6 Å². The SMILES string of the molecule is NC(Cc1c(F)c(F)c(F)c(F)c1F)[C@@H](C(=O)O)C(=O)OCC1c2ccccc2-c2ccccc21. The number of fused-ring (bicyclic) bond motifs is 3. The number of carbonyl (C=O) groups is 2. The molecule has 0 radical (unpaired) electrons. The van der Waals surface area contributed by atoms with E-state index in [0.717, 1.165) is 22.3 Å². The summed E-state index contributed by atoms with van der Waals surface area (Å²) in [5.74, 6) is -16.6. The van der Waals surface area contributed by atoms with Crippen LogP contribution in [0.4, 0.5) is 22.0 Å². The summed E-state index contributed by atoms with van der Waals surface area (Å²) in [5, 5.41) is 9.52. The number of carbonyl (C=O) groups excluding carboxylic acids is 1. The Morgan fingerprint density at radius 1 is 0.829 bits per heavy atom. The Morgan fingerprint density at radius 3 is 1.77 bits per heavy atom. The van der Waals surface area contributed by atoms with E-state index in [1.807, 2.05) is 36.4 Å². The molecule has 1 unspecified atom stereocenters. The van der Waals surface area contributed by atoms with Crippen LogP contribution in [0, 0.1) is 35.0 Å². The molecule has 0 heterocycles. The molecule has 182 valence electrons. The van der Waals surface area contributed by atoms with E-state index in [1.165, 1.54) is 0 Å². The molecule has 3 N–H and O–H groups in total. The third-order valence-corrected chi connectivity index (χ3v) is 6.04. The molecule has 0 saturated heterocycles. The fraction of sp³-hybridized carbons (Fsp3) is 0.200. The molecule has 5 nitrogen and oxygen atoms in total. The minimum Gasteiger partial charge on any atom is -0.481 e. The van der Waals surface area contributed by atoms with Crippen LogP contribution < -0.4 is 5.73 Å². The topological polar surface area (TPSA) is 89.6 Å². The van der Waals surface area contributed by atoms with Gasteiger partial charge in [-0.25, -0.2) is 22.0 Å². The smallest absolute Gasteiger partial charge is 0.321 e. The highest BCUT2D eigenvalue weighted by atomic mass is 19.2. The number of rotatable bonds is 7. The summed E-state index contributed by atoms with van der Waals surface area (Å²) >= 11 is 0. The predicted octanol–water partition coefficient (Wildman–Crippen LogP) is 4.31. The summed E-state index contributed by atoms with van der Waals surface area (Å²) in [6, 6.07) is 13.0. The van der Waals surface area contributed by atoms with E-state index < -0.39 is 70.9 Å². The van der Waals surface area contributed by atoms with Crippen LogP contribution in [-0.2, 0) is 20.7 Å². The van der Waals surface area contributed by atoms with E-state index in [4.69, 9.17) is 10.5 Å². The van der Waals surface area contributed by atoms with Gasteiger partial charge in [-0.05, 0) is 28.7 Å². The van der Waals surface area contributed by atoms with Gasteiger partial charge in [-0.3, -0.25) is 9.59 Å². The molecular formula is C25H18F5NO4. The van der Waals surface area contributed by atoms with Crippen molar-refractivity contribution in [3.63, 3.8) is 0 Å². The van der Waals surface area contributed by atoms with Gasteiger partial charge in [-0.2, -0.15) is 0 Å². The summed E-state index contributed by atoms with van der Waals surface area (Å²) in [4.78, 5) is 24.4. The normalized spacial score (nSPS) is 14.2. The fourth-order valence-corrected chi connectivity index (χ4v) is 4.34. The maximum Gasteiger partial charge on any atom is 0.321 e. The summed E-state index contributed by atoms with van der Waals surface area (Å²) in [5.41, 5.74) is 7.98. The van der Waals surface area contributed by atoms with Crippen LogP contribution in [0.3, 0.4) is 0 Å². The van der Waals surface area contributed by atoms with Crippen LogP contribution in [0.5, 0.6) is 0 Å². The lowest BCUT2D eigenvalue weighted by atomic mass is 9.93. The number of halogens is 5. The summed E-state index contributed by atoms with van der Waals surface area (Å²) in [6.07, 6.45) is -1.10. The van der Waals surface area contributed by atoms with Crippen molar-refractivity contribution >= 4 is 11.9 Å². The third kappa shape index (κ3) is 4.25. The molecule has 10 heteroatoms. The summed E-state index contributed by atoms with van der Waals surface area (Å²) in [7, 11) is 0. The first-order valence-corrected chi connectivity index (χ1v) is 10.5. The van der Waals surface area contributed by atoms with Crippen LogP contribution in [0.25, 0.3) is 11.1 Å². The zero-order valence-electron chi connectivity index (χ0n) is 17.9. The van der Waals surface area contributed by atoms with Crippen LogP contribution in [0.2, 0.25) is 0 Å². The molecule has 4 rings (SSSR count). The number of nitrogens with two attached hydrogens (primary N) is 1. The Bertz CT molecular complexity index is 1250. The molecule has 1 aliphatic carbocycles. The van der Waals surface area contributed by atoms with Gasteiger partial charge < -0.3 is 15.6 Å². The van der Waals surface area contributed by atoms with E-state index in [0.29, 0.717) is 0 Å². The Morgan fingerprint density at radius 2 is 1.29 bits per heavy atom. The molecule has 0 bridgehead atoms. The van der Waals surface area contributed by atoms with Gasteiger partial charge in [0.1, 0.15) is 6.61 Å². The molecule has 35 heavy (non-hydrogen) atoms. The first kappa shape index (κ1) is 24.3. The lowest BCUT2D eigenvalue weighted by molar-refractivity contribution is -0.159. The number of carboxylic acids is 1. The second kappa shape index (κ2) is 9.46. The highest BCUT2D eigenvalue weighted by Crippen LogP contribution is 2.44. The monoisotopic (exact) mass is 491 g/mol. The summed E-state index contributed by atoms with van der Waals surface area (Å²) in [6.45, 7) is -0.244. The van der Waals surface area contributed by atoms with Crippen molar-refractivity contribution in [2.45, 2.75) is 18.4 Å². The molecule has 3 aromatic carbocycles. The second-order valence-corrected chi connectivity index (χ2v) is 8.09. The van der Waals surface area contributed by atoms with E-state index >= 15 is 0 Å². The van der Waals surface area contributed by atoms with Crippen molar-refractivity contribution in [1.29, 1.82) is 0 Å². The van der Waals surface area contributed by atoms with Crippen molar-refractivity contribution in [3.05, 3.63) is 94.3 Å². The number of benzene rings is 3. The molecule has 0 fully saturated rings. The fourth-order valence-electron chi connectivity index (χ4n) is 4.34. The summed E-state index contributed by atoms with van der Waals surface area (Å²) < 4.78 is 73.6. The first-order valence-electron chi connectivity index (χ1n) is 10.5. The third-order valence-electron chi connectivity index (χ3n) is 6.04. The largest absolute Gasteiger partial charge is 0.481 e. The number of hydrogen-bond donors (Lipinski definition) is 2. The van der Waals surface area contributed by atoms with Gasteiger partial charge in [-0.15, -0.1) is 0 Å². The van der Waals surface area contributed by atoms with Crippen LogP contribution in [-0.4, -0.2) is 29.7 Å². The highest BCUT2D eigenvalue weighted by molar-refractivity contribution is 5.95. The van der Waals surface area contributed by atoms with E-state index in [2.05, 4.69) is 0 Å². The standard InChI is InChI=1S/C25H18F5NO4/c26-19-15(20(27)22(29)23(30)21(19)28)9-17(31)18(24(32)33)25(34)35-10-16-13-7-3-1-5-11(13)12-6-2-4-8-14(12)16/h1-8,16-18H,9-10,31H2,(H,32,33)/t17?,18-/m0/s1. The Labute approximate surface area is 195 Å². The zero-order valence-corrected chi connectivity index (χ0v) is 17.9. The molecular weight excluding hydrogens is 473 g/mol. The minimum atomic E-state index is -2.36. The Hall–Kier alpha value is -3.79. The lowest BCUT2D eigenvalue weighted by Crippen LogP contribution is -2.44. The van der Waals surface area contributed by atoms with Crippen molar-refractivity contribution in [3.8, 4) is 11.1 Å².